The fourth-order valence-electron chi connectivity index (χ4n) is 2.50. The van der Waals surface area contributed by atoms with Crippen LogP contribution in [0.1, 0.15) is 12.8 Å². The highest BCUT2D eigenvalue weighted by atomic mass is 16.2. The van der Waals surface area contributed by atoms with E-state index in [0.717, 1.165) is 37.3 Å². The lowest BCUT2D eigenvalue weighted by Gasteiger charge is -2.27. The Balaban J connectivity index is 1.97. The second kappa shape index (κ2) is 5.78. The Morgan fingerprint density at radius 3 is 2.35 bits per heavy atom. The minimum absolute atomic E-state index is 0.0381. The number of rotatable bonds is 2. The molecule has 0 aliphatic carbocycles. The molecule has 3 heteroatoms. The summed E-state index contributed by atoms with van der Waals surface area (Å²) >= 11 is 0. The van der Waals surface area contributed by atoms with Crippen LogP contribution in [0.3, 0.4) is 0 Å². The summed E-state index contributed by atoms with van der Waals surface area (Å²) in [5.74, 6) is 0. The van der Waals surface area contributed by atoms with Crippen molar-refractivity contribution in [2.24, 2.45) is 0 Å². The van der Waals surface area contributed by atoms with E-state index in [1.165, 1.54) is 0 Å². The van der Waals surface area contributed by atoms with Gasteiger partial charge < -0.3 is 4.90 Å². The van der Waals surface area contributed by atoms with Gasteiger partial charge in [0.25, 0.3) is 0 Å². The molecule has 0 atom stereocenters. The lowest BCUT2D eigenvalue weighted by atomic mass is 10.2. The number of carbonyl (C=O) groups excluding carboxylic acids is 1. The van der Waals surface area contributed by atoms with Crippen LogP contribution < -0.4 is 4.90 Å². The molecule has 101 valence electrons. The summed E-state index contributed by atoms with van der Waals surface area (Å²) in [6.45, 7) is 1.68. The van der Waals surface area contributed by atoms with E-state index in [9.17, 15) is 4.79 Å². The summed E-state index contributed by atoms with van der Waals surface area (Å²) in [6, 6.07) is 20.5. The number of amides is 2. The summed E-state index contributed by atoms with van der Waals surface area (Å²) in [5, 5.41) is 0. The minimum Gasteiger partial charge on any atom is -0.324 e. The summed E-state index contributed by atoms with van der Waals surface area (Å²) in [7, 11) is 0. The van der Waals surface area contributed by atoms with Crippen LogP contribution in [0.5, 0.6) is 0 Å². The SMILES string of the molecule is O=C(N1CCCC1)N(c1[c]cccc1)c1ccccc1. The van der Waals surface area contributed by atoms with Crippen molar-refractivity contribution in [1.29, 1.82) is 0 Å². The number of urea groups is 1. The average molecular weight is 265 g/mol. The first-order chi connectivity index (χ1) is 9.86. The molecule has 0 spiro atoms. The van der Waals surface area contributed by atoms with Crippen LogP contribution >= 0.6 is 0 Å². The van der Waals surface area contributed by atoms with Crippen LogP contribution in [-0.4, -0.2) is 24.0 Å². The van der Waals surface area contributed by atoms with E-state index in [4.69, 9.17) is 0 Å². The van der Waals surface area contributed by atoms with E-state index < -0.39 is 0 Å². The number of hydrogen-bond acceptors (Lipinski definition) is 1. The Kier molecular flexibility index (Phi) is 3.68. The van der Waals surface area contributed by atoms with Crippen LogP contribution in [0.15, 0.2) is 54.6 Å². The van der Waals surface area contributed by atoms with Crippen LogP contribution in [0.4, 0.5) is 16.2 Å². The molecular weight excluding hydrogens is 248 g/mol. The maximum Gasteiger partial charge on any atom is 0.329 e. The molecule has 0 bridgehead atoms. The number of para-hydroxylation sites is 2. The smallest absolute Gasteiger partial charge is 0.324 e. The van der Waals surface area contributed by atoms with Crippen molar-refractivity contribution < 1.29 is 4.79 Å². The first-order valence-corrected chi connectivity index (χ1v) is 6.97. The highest BCUT2D eigenvalue weighted by molar-refractivity contribution is 5.99. The Morgan fingerprint density at radius 2 is 1.70 bits per heavy atom. The summed E-state index contributed by atoms with van der Waals surface area (Å²) in [5.41, 5.74) is 1.67. The molecule has 1 radical (unpaired) electrons. The Morgan fingerprint density at radius 1 is 1.00 bits per heavy atom. The fraction of sp³-hybridized carbons (Fsp3) is 0.235. The first-order valence-electron chi connectivity index (χ1n) is 6.97. The van der Waals surface area contributed by atoms with Gasteiger partial charge in [0.15, 0.2) is 0 Å². The number of benzene rings is 2. The molecule has 1 saturated heterocycles. The topological polar surface area (TPSA) is 23.6 Å². The monoisotopic (exact) mass is 265 g/mol. The van der Waals surface area contributed by atoms with Crippen LogP contribution in [0.25, 0.3) is 0 Å². The van der Waals surface area contributed by atoms with E-state index in [-0.39, 0.29) is 6.03 Å². The Hall–Kier alpha value is -2.29. The average Bonchev–Trinajstić information content (AvgIpc) is 3.04. The quantitative estimate of drug-likeness (QED) is 0.809. The molecule has 20 heavy (non-hydrogen) atoms. The van der Waals surface area contributed by atoms with E-state index in [1.807, 2.05) is 59.5 Å². The van der Waals surface area contributed by atoms with Crippen LogP contribution in [0, 0.1) is 6.07 Å². The molecule has 1 aliphatic heterocycles. The van der Waals surface area contributed by atoms with E-state index in [2.05, 4.69) is 6.07 Å². The van der Waals surface area contributed by atoms with Crippen LogP contribution in [-0.2, 0) is 0 Å². The van der Waals surface area contributed by atoms with Crippen LogP contribution in [0.2, 0.25) is 0 Å². The zero-order valence-corrected chi connectivity index (χ0v) is 11.3. The van der Waals surface area contributed by atoms with Gasteiger partial charge in [-0.3, -0.25) is 4.90 Å². The normalized spacial score (nSPS) is 14.3. The van der Waals surface area contributed by atoms with Gasteiger partial charge in [0.1, 0.15) is 0 Å². The molecular formula is C17H17N2O. The number of nitrogens with zero attached hydrogens (tertiary/aromatic N) is 2. The van der Waals surface area contributed by atoms with Crippen molar-refractivity contribution in [3.63, 3.8) is 0 Å². The van der Waals surface area contributed by atoms with Gasteiger partial charge in [0.05, 0.1) is 11.4 Å². The summed E-state index contributed by atoms with van der Waals surface area (Å²) in [4.78, 5) is 16.4. The molecule has 2 aromatic carbocycles. The number of likely N-dealkylation sites (tertiary alicyclic amines) is 1. The van der Waals surface area contributed by atoms with Gasteiger partial charge in [-0.1, -0.05) is 36.4 Å². The second-order valence-electron chi connectivity index (χ2n) is 4.90. The molecule has 1 aliphatic rings. The third-order valence-electron chi connectivity index (χ3n) is 3.52. The minimum atomic E-state index is 0.0381. The molecule has 3 nitrogen and oxygen atoms in total. The Labute approximate surface area is 119 Å². The zero-order chi connectivity index (χ0) is 13.8. The van der Waals surface area contributed by atoms with E-state index >= 15 is 0 Å². The van der Waals surface area contributed by atoms with Gasteiger partial charge in [0.2, 0.25) is 0 Å². The predicted molar refractivity (Wildman–Crippen MR) is 80.1 cm³/mol. The maximum absolute atomic E-state index is 12.8. The first kappa shape index (κ1) is 12.7. The fourth-order valence-corrected chi connectivity index (χ4v) is 2.50. The lowest BCUT2D eigenvalue weighted by molar-refractivity contribution is 0.218. The molecule has 2 amide bonds. The van der Waals surface area contributed by atoms with Crippen molar-refractivity contribution in [1.82, 2.24) is 4.90 Å². The third-order valence-corrected chi connectivity index (χ3v) is 3.52. The Bertz CT molecular complexity index is 523. The molecule has 1 heterocycles. The van der Waals surface area contributed by atoms with Gasteiger partial charge in [-0.2, -0.15) is 0 Å². The number of carbonyl (C=O) groups is 1. The molecule has 0 saturated carbocycles. The maximum atomic E-state index is 12.8. The third kappa shape index (κ3) is 2.52. The van der Waals surface area contributed by atoms with Crippen molar-refractivity contribution in [2.75, 3.05) is 18.0 Å². The second-order valence-corrected chi connectivity index (χ2v) is 4.90. The predicted octanol–water partition coefficient (Wildman–Crippen LogP) is 3.84. The molecule has 3 rings (SSSR count). The van der Waals surface area contributed by atoms with Crippen molar-refractivity contribution in [3.8, 4) is 0 Å². The molecule has 2 aromatic rings. The zero-order valence-electron chi connectivity index (χ0n) is 11.3. The largest absolute Gasteiger partial charge is 0.329 e. The lowest BCUT2D eigenvalue weighted by Crippen LogP contribution is -2.39. The molecule has 0 N–H and O–H groups in total. The van der Waals surface area contributed by atoms with Crippen molar-refractivity contribution >= 4 is 17.4 Å². The van der Waals surface area contributed by atoms with Crippen molar-refractivity contribution in [2.45, 2.75) is 12.8 Å². The number of hydrogen-bond donors (Lipinski definition) is 0. The van der Waals surface area contributed by atoms with Gasteiger partial charge in [0, 0.05) is 19.2 Å². The molecule has 1 fully saturated rings. The van der Waals surface area contributed by atoms with E-state index in [0.29, 0.717) is 0 Å². The molecule has 0 unspecified atom stereocenters. The highest BCUT2D eigenvalue weighted by Crippen LogP contribution is 2.27. The standard InChI is InChI=1S/C17H17N2O/c20-17(18-13-7-8-14-18)19(15-9-3-1-4-10-15)16-11-5-2-6-12-16/h1-6,9-11H,7-8,13-14H2. The van der Waals surface area contributed by atoms with Gasteiger partial charge >= 0.3 is 6.03 Å². The molecule has 0 aromatic heterocycles. The number of anilines is 2. The summed E-state index contributed by atoms with van der Waals surface area (Å²) in [6.07, 6.45) is 2.18. The van der Waals surface area contributed by atoms with Crippen molar-refractivity contribution in [3.05, 3.63) is 60.7 Å². The van der Waals surface area contributed by atoms with Gasteiger partial charge in [-0.15, -0.1) is 0 Å². The van der Waals surface area contributed by atoms with E-state index in [1.54, 1.807) is 4.90 Å². The van der Waals surface area contributed by atoms with Gasteiger partial charge in [-0.25, -0.2) is 4.79 Å². The summed E-state index contributed by atoms with van der Waals surface area (Å²) < 4.78 is 0. The highest BCUT2D eigenvalue weighted by Gasteiger charge is 2.25. The van der Waals surface area contributed by atoms with Gasteiger partial charge in [-0.05, 0) is 31.0 Å².